The van der Waals surface area contributed by atoms with Crippen molar-refractivity contribution in [2.24, 2.45) is 11.3 Å². The van der Waals surface area contributed by atoms with Gasteiger partial charge in [0.2, 0.25) is 0 Å². The molecule has 2 rings (SSSR count). The minimum absolute atomic E-state index is 0.724. The van der Waals surface area contributed by atoms with Crippen LogP contribution >= 0.6 is 0 Å². The summed E-state index contributed by atoms with van der Waals surface area (Å²) in [5, 5.41) is 0. The van der Waals surface area contributed by atoms with Gasteiger partial charge >= 0.3 is 0 Å². The topological polar surface area (TPSA) is 0 Å². The molecule has 0 aliphatic heterocycles. The van der Waals surface area contributed by atoms with Gasteiger partial charge in [-0.25, -0.2) is 0 Å². The van der Waals surface area contributed by atoms with Crippen LogP contribution in [-0.2, 0) is 0 Å². The monoisotopic (exact) mass is 164 g/mol. The van der Waals surface area contributed by atoms with E-state index in [9.17, 15) is 0 Å². The third-order valence-corrected chi connectivity index (χ3v) is 3.60. The van der Waals surface area contributed by atoms with Gasteiger partial charge in [-0.15, -0.1) is 0 Å². The van der Waals surface area contributed by atoms with Crippen molar-refractivity contribution in [1.82, 2.24) is 0 Å². The summed E-state index contributed by atoms with van der Waals surface area (Å²) in [6.45, 7) is 4.74. The fourth-order valence-corrected chi connectivity index (χ4v) is 3.38. The van der Waals surface area contributed by atoms with E-state index in [-0.39, 0.29) is 0 Å². The third-order valence-electron chi connectivity index (χ3n) is 3.60. The number of fused-ring (bicyclic) bond motifs is 2. The first-order valence-electron chi connectivity index (χ1n) is 5.42. The van der Waals surface area contributed by atoms with Gasteiger partial charge in [-0.1, -0.05) is 31.9 Å². The van der Waals surface area contributed by atoms with E-state index in [0.717, 1.165) is 11.3 Å². The largest absolute Gasteiger partial charge is 0.0847 e. The lowest BCUT2D eigenvalue weighted by Gasteiger charge is -2.36. The lowest BCUT2D eigenvalue weighted by molar-refractivity contribution is 0.188. The van der Waals surface area contributed by atoms with Crippen LogP contribution in [0.5, 0.6) is 0 Å². The highest BCUT2D eigenvalue weighted by Gasteiger charge is 2.38. The van der Waals surface area contributed by atoms with Gasteiger partial charge in [0, 0.05) is 0 Å². The zero-order chi connectivity index (χ0) is 8.60. The van der Waals surface area contributed by atoms with Crippen LogP contribution in [0.25, 0.3) is 0 Å². The lowest BCUT2D eigenvalue weighted by Crippen LogP contribution is -2.24. The summed E-state index contributed by atoms with van der Waals surface area (Å²) < 4.78 is 0. The van der Waals surface area contributed by atoms with Crippen LogP contribution in [0.2, 0.25) is 0 Å². The normalized spacial score (nSPS) is 39.8. The summed E-state index contributed by atoms with van der Waals surface area (Å²) in [6.07, 6.45) is 11.1. The van der Waals surface area contributed by atoms with Gasteiger partial charge in [-0.3, -0.25) is 0 Å². The Bertz CT molecular complexity index is 202. The highest BCUT2D eigenvalue weighted by Crippen LogP contribution is 2.52. The van der Waals surface area contributed by atoms with E-state index in [1.165, 1.54) is 38.5 Å². The first kappa shape index (κ1) is 8.34. The van der Waals surface area contributed by atoms with Crippen LogP contribution in [0, 0.1) is 11.3 Å². The van der Waals surface area contributed by atoms with Gasteiger partial charge in [-0.05, 0) is 43.4 Å². The molecule has 0 nitrogen and oxygen atoms in total. The lowest BCUT2D eigenvalue weighted by atomic mass is 9.69. The summed E-state index contributed by atoms with van der Waals surface area (Å²) >= 11 is 0. The molecule has 0 aromatic carbocycles. The Hall–Kier alpha value is -0.260. The van der Waals surface area contributed by atoms with E-state index in [0.29, 0.717) is 0 Å². The maximum absolute atomic E-state index is 2.53. The second kappa shape index (κ2) is 2.90. The number of hydrogen-bond acceptors (Lipinski definition) is 0. The Morgan fingerprint density at radius 3 is 3.17 bits per heavy atom. The molecule has 0 radical (unpaired) electrons. The maximum atomic E-state index is 2.53. The van der Waals surface area contributed by atoms with Gasteiger partial charge in [-0.2, -0.15) is 0 Å². The molecule has 2 atom stereocenters. The van der Waals surface area contributed by atoms with Crippen molar-refractivity contribution in [3.05, 3.63) is 11.6 Å². The quantitative estimate of drug-likeness (QED) is 0.543. The van der Waals surface area contributed by atoms with E-state index in [2.05, 4.69) is 19.9 Å². The molecule has 2 aliphatic carbocycles. The van der Waals surface area contributed by atoms with Crippen molar-refractivity contribution in [3.63, 3.8) is 0 Å². The first-order valence-corrected chi connectivity index (χ1v) is 5.42. The van der Waals surface area contributed by atoms with Crippen LogP contribution < -0.4 is 0 Å². The van der Waals surface area contributed by atoms with Gasteiger partial charge in [0.25, 0.3) is 0 Å². The Morgan fingerprint density at radius 1 is 1.58 bits per heavy atom. The second-order valence-electron chi connectivity index (χ2n) is 5.01. The standard InChI is InChI=1S/C12H20/c1-3-5-12-6-4-11(9-12)7-10(2)8-12/h4,10H,3,5-9H2,1-2H3. The average molecular weight is 164 g/mol. The van der Waals surface area contributed by atoms with Crippen LogP contribution in [0.15, 0.2) is 11.6 Å². The summed E-state index contributed by atoms with van der Waals surface area (Å²) in [6, 6.07) is 0. The van der Waals surface area contributed by atoms with Crippen molar-refractivity contribution in [2.45, 2.75) is 52.4 Å². The number of allylic oxidation sites excluding steroid dienone is 2. The molecule has 1 saturated carbocycles. The van der Waals surface area contributed by atoms with Crippen molar-refractivity contribution in [2.75, 3.05) is 0 Å². The van der Waals surface area contributed by atoms with Gasteiger partial charge in [0.1, 0.15) is 0 Å². The van der Waals surface area contributed by atoms with Crippen LogP contribution in [0.3, 0.4) is 0 Å². The number of hydrogen-bond donors (Lipinski definition) is 0. The summed E-state index contributed by atoms with van der Waals surface area (Å²) in [5.41, 5.74) is 2.49. The van der Waals surface area contributed by atoms with Crippen molar-refractivity contribution < 1.29 is 0 Å². The summed E-state index contributed by atoms with van der Waals surface area (Å²) in [5.74, 6) is 0.957. The van der Waals surface area contributed by atoms with E-state index < -0.39 is 0 Å². The van der Waals surface area contributed by atoms with Crippen molar-refractivity contribution in [3.8, 4) is 0 Å². The molecule has 68 valence electrons. The molecule has 0 aromatic heterocycles. The van der Waals surface area contributed by atoms with Crippen LogP contribution in [-0.4, -0.2) is 0 Å². The minimum atomic E-state index is 0.724. The SMILES string of the molecule is CCCC12CC=C(CC(C)C1)C2. The van der Waals surface area contributed by atoms with Crippen molar-refractivity contribution >= 4 is 0 Å². The van der Waals surface area contributed by atoms with Gasteiger partial charge in [0.15, 0.2) is 0 Å². The highest BCUT2D eigenvalue weighted by molar-refractivity contribution is 5.19. The predicted molar refractivity (Wildman–Crippen MR) is 53.1 cm³/mol. The molecule has 1 fully saturated rings. The van der Waals surface area contributed by atoms with E-state index in [1.54, 1.807) is 5.57 Å². The molecule has 0 spiro atoms. The fraction of sp³-hybridized carbons (Fsp3) is 0.833. The van der Waals surface area contributed by atoms with E-state index in [1.807, 2.05) is 0 Å². The van der Waals surface area contributed by atoms with Gasteiger partial charge < -0.3 is 0 Å². The Labute approximate surface area is 76.1 Å². The zero-order valence-electron chi connectivity index (χ0n) is 8.40. The van der Waals surface area contributed by atoms with Crippen LogP contribution in [0.1, 0.15) is 52.4 Å². The molecular formula is C12H20. The third kappa shape index (κ3) is 1.32. The maximum Gasteiger partial charge on any atom is -0.0223 e. The summed E-state index contributed by atoms with van der Waals surface area (Å²) in [4.78, 5) is 0. The molecule has 0 heteroatoms. The molecule has 2 unspecified atom stereocenters. The fourth-order valence-electron chi connectivity index (χ4n) is 3.38. The Morgan fingerprint density at radius 2 is 2.42 bits per heavy atom. The molecule has 0 aromatic rings. The molecule has 12 heavy (non-hydrogen) atoms. The van der Waals surface area contributed by atoms with Gasteiger partial charge in [0.05, 0.1) is 0 Å². The van der Waals surface area contributed by atoms with Crippen molar-refractivity contribution in [1.29, 1.82) is 0 Å². The first-order chi connectivity index (χ1) is 5.74. The number of rotatable bonds is 2. The smallest absolute Gasteiger partial charge is 0.0223 e. The van der Waals surface area contributed by atoms with E-state index in [4.69, 9.17) is 0 Å². The Kier molecular flexibility index (Phi) is 2.02. The molecule has 0 heterocycles. The average Bonchev–Trinajstić information content (AvgIpc) is 2.27. The second-order valence-corrected chi connectivity index (χ2v) is 5.01. The molecule has 0 N–H and O–H groups in total. The van der Waals surface area contributed by atoms with E-state index >= 15 is 0 Å². The molecule has 2 aliphatic rings. The Balaban J connectivity index is 2.09. The minimum Gasteiger partial charge on any atom is -0.0847 e. The molecule has 2 bridgehead atoms. The molecule has 0 saturated heterocycles. The highest BCUT2D eigenvalue weighted by atomic mass is 14.4. The zero-order valence-corrected chi connectivity index (χ0v) is 8.40. The summed E-state index contributed by atoms with van der Waals surface area (Å²) in [7, 11) is 0. The predicted octanol–water partition coefficient (Wildman–Crippen LogP) is 3.92. The van der Waals surface area contributed by atoms with Crippen LogP contribution in [0.4, 0.5) is 0 Å². The molecule has 0 amide bonds. The molecular weight excluding hydrogens is 144 g/mol.